The van der Waals surface area contributed by atoms with Gasteiger partial charge in [-0.1, -0.05) is 31.2 Å². The summed E-state index contributed by atoms with van der Waals surface area (Å²) in [6, 6.07) is 10.7. The number of rotatable bonds is 5. The predicted octanol–water partition coefficient (Wildman–Crippen LogP) is 4.74. The molecule has 0 spiro atoms. The predicted molar refractivity (Wildman–Crippen MR) is 84.1 cm³/mol. The van der Waals surface area contributed by atoms with Crippen LogP contribution in [0.4, 0.5) is 17.6 Å². The monoisotopic (exact) mass is 338 g/mol. The molecule has 0 fully saturated rings. The molecule has 7 heteroatoms. The topological polar surface area (TPSA) is 34.0 Å². The zero-order chi connectivity index (χ0) is 17.6. The van der Waals surface area contributed by atoms with Crippen LogP contribution >= 0.6 is 0 Å². The molecule has 0 unspecified atom stereocenters. The van der Waals surface area contributed by atoms with Gasteiger partial charge in [0.15, 0.2) is 11.6 Å². The summed E-state index contributed by atoms with van der Waals surface area (Å²) in [7, 11) is 0. The summed E-state index contributed by atoms with van der Waals surface area (Å²) in [4.78, 5) is 0. The zero-order valence-corrected chi connectivity index (χ0v) is 12.7. The normalized spacial score (nSPS) is 12.2. The maximum Gasteiger partial charge on any atom is 0.573 e. The van der Waals surface area contributed by atoms with Gasteiger partial charge < -0.3 is 4.74 Å². The molecule has 0 aliphatic carbocycles. The first-order valence-corrected chi connectivity index (χ1v) is 7.08. The molecule has 0 aliphatic rings. The van der Waals surface area contributed by atoms with E-state index in [-0.39, 0.29) is 5.56 Å². The molecule has 0 saturated carbocycles. The van der Waals surface area contributed by atoms with E-state index in [4.69, 9.17) is 0 Å². The molecule has 2 rings (SSSR count). The van der Waals surface area contributed by atoms with Crippen molar-refractivity contribution in [1.82, 2.24) is 0 Å². The SMILES string of the molecule is CCc1ccc(/C=N/N=C\c2ccc(OC(F)(F)F)c(F)c2)cc1. The fourth-order valence-corrected chi connectivity index (χ4v) is 1.84. The molecule has 0 saturated heterocycles. The zero-order valence-electron chi connectivity index (χ0n) is 12.7. The summed E-state index contributed by atoms with van der Waals surface area (Å²) >= 11 is 0. The van der Waals surface area contributed by atoms with Gasteiger partial charge in [-0.05, 0) is 41.3 Å². The van der Waals surface area contributed by atoms with E-state index >= 15 is 0 Å². The molecule has 2 aromatic rings. The molecule has 24 heavy (non-hydrogen) atoms. The third-order valence-corrected chi connectivity index (χ3v) is 3.05. The Morgan fingerprint density at radius 3 is 2.08 bits per heavy atom. The smallest absolute Gasteiger partial charge is 0.403 e. The molecule has 0 heterocycles. The van der Waals surface area contributed by atoms with E-state index in [2.05, 4.69) is 21.9 Å². The second-order valence-corrected chi connectivity index (χ2v) is 4.82. The second kappa shape index (κ2) is 7.72. The van der Waals surface area contributed by atoms with E-state index < -0.39 is 17.9 Å². The van der Waals surface area contributed by atoms with E-state index in [9.17, 15) is 17.6 Å². The van der Waals surface area contributed by atoms with Gasteiger partial charge >= 0.3 is 6.36 Å². The number of ether oxygens (including phenoxy) is 1. The highest BCUT2D eigenvalue weighted by atomic mass is 19.4. The molecule has 0 N–H and O–H groups in total. The summed E-state index contributed by atoms with van der Waals surface area (Å²) < 4.78 is 53.2. The summed E-state index contributed by atoms with van der Waals surface area (Å²) in [5.41, 5.74) is 2.32. The van der Waals surface area contributed by atoms with Crippen LogP contribution in [0.2, 0.25) is 0 Å². The van der Waals surface area contributed by atoms with Crippen molar-refractivity contribution < 1.29 is 22.3 Å². The summed E-state index contributed by atoms with van der Waals surface area (Å²) in [6.07, 6.45) is -1.24. The fourth-order valence-electron chi connectivity index (χ4n) is 1.84. The Bertz CT molecular complexity index is 737. The maximum atomic E-state index is 13.5. The Morgan fingerprint density at radius 1 is 0.958 bits per heavy atom. The minimum absolute atomic E-state index is 0.264. The van der Waals surface area contributed by atoms with Crippen LogP contribution in [-0.4, -0.2) is 18.8 Å². The van der Waals surface area contributed by atoms with Gasteiger partial charge in [-0.2, -0.15) is 10.2 Å². The molecule has 2 aromatic carbocycles. The van der Waals surface area contributed by atoms with Gasteiger partial charge in [0.25, 0.3) is 0 Å². The number of alkyl halides is 3. The van der Waals surface area contributed by atoms with Crippen LogP contribution < -0.4 is 4.74 Å². The number of nitrogens with zero attached hydrogens (tertiary/aromatic N) is 2. The largest absolute Gasteiger partial charge is 0.573 e. The van der Waals surface area contributed by atoms with Crippen molar-refractivity contribution in [1.29, 1.82) is 0 Å². The molecule has 0 atom stereocenters. The molecule has 0 aliphatic heterocycles. The number of hydrogen-bond acceptors (Lipinski definition) is 3. The van der Waals surface area contributed by atoms with Crippen LogP contribution in [0.1, 0.15) is 23.6 Å². The van der Waals surface area contributed by atoms with Crippen molar-refractivity contribution in [2.24, 2.45) is 10.2 Å². The van der Waals surface area contributed by atoms with E-state index in [0.29, 0.717) is 0 Å². The van der Waals surface area contributed by atoms with Crippen LogP contribution in [0.15, 0.2) is 52.7 Å². The standard InChI is InChI=1S/C17H14F4N2O/c1-2-12-3-5-13(6-4-12)10-22-23-11-14-7-8-16(15(18)9-14)24-17(19,20)21/h3-11H,2H2,1H3/b22-10+,23-11-. The summed E-state index contributed by atoms with van der Waals surface area (Å²) in [5, 5.41) is 7.55. The molecular weight excluding hydrogens is 324 g/mol. The Morgan fingerprint density at radius 2 is 1.54 bits per heavy atom. The van der Waals surface area contributed by atoms with Gasteiger partial charge in [0.2, 0.25) is 0 Å². The van der Waals surface area contributed by atoms with Crippen molar-refractivity contribution in [3.8, 4) is 5.75 Å². The highest BCUT2D eigenvalue weighted by Crippen LogP contribution is 2.25. The molecule has 126 valence electrons. The van der Waals surface area contributed by atoms with Gasteiger partial charge in [0.05, 0.1) is 12.4 Å². The van der Waals surface area contributed by atoms with Crippen LogP contribution in [-0.2, 0) is 6.42 Å². The minimum atomic E-state index is -4.94. The first-order valence-electron chi connectivity index (χ1n) is 7.08. The third-order valence-electron chi connectivity index (χ3n) is 3.05. The highest BCUT2D eigenvalue weighted by Gasteiger charge is 2.32. The van der Waals surface area contributed by atoms with E-state index in [1.54, 1.807) is 0 Å². The Kier molecular flexibility index (Phi) is 5.68. The van der Waals surface area contributed by atoms with Crippen LogP contribution in [0.25, 0.3) is 0 Å². The van der Waals surface area contributed by atoms with Gasteiger partial charge in [-0.25, -0.2) is 4.39 Å². The first-order chi connectivity index (χ1) is 11.4. The Hall–Kier alpha value is -2.70. The minimum Gasteiger partial charge on any atom is -0.403 e. The highest BCUT2D eigenvalue weighted by molar-refractivity contribution is 5.82. The summed E-state index contributed by atoms with van der Waals surface area (Å²) in [6.45, 7) is 2.05. The van der Waals surface area contributed by atoms with Crippen molar-refractivity contribution in [2.45, 2.75) is 19.7 Å². The fraction of sp³-hybridized carbons (Fsp3) is 0.176. The number of aryl methyl sites for hydroxylation is 1. The second-order valence-electron chi connectivity index (χ2n) is 4.82. The summed E-state index contributed by atoms with van der Waals surface area (Å²) in [5.74, 6) is -2.02. The maximum absolute atomic E-state index is 13.5. The van der Waals surface area contributed by atoms with Gasteiger partial charge in [-0.15, -0.1) is 13.2 Å². The number of halogens is 4. The lowest BCUT2D eigenvalue weighted by molar-refractivity contribution is -0.275. The lowest BCUT2D eigenvalue weighted by atomic mass is 10.1. The average molecular weight is 338 g/mol. The molecule has 0 bridgehead atoms. The van der Waals surface area contributed by atoms with Crippen LogP contribution in [0.3, 0.4) is 0 Å². The van der Waals surface area contributed by atoms with Gasteiger partial charge in [0, 0.05) is 0 Å². The molecular formula is C17H14F4N2O. The lowest BCUT2D eigenvalue weighted by Crippen LogP contribution is -2.18. The Balaban J connectivity index is 2.01. The third kappa shape index (κ3) is 5.49. The van der Waals surface area contributed by atoms with Gasteiger partial charge in [0.1, 0.15) is 0 Å². The molecule has 0 amide bonds. The number of hydrogen-bond donors (Lipinski definition) is 0. The molecule has 0 aromatic heterocycles. The van der Waals surface area contributed by atoms with E-state index in [1.807, 2.05) is 24.3 Å². The van der Waals surface area contributed by atoms with Crippen LogP contribution in [0, 0.1) is 5.82 Å². The molecule has 0 radical (unpaired) electrons. The number of benzene rings is 2. The van der Waals surface area contributed by atoms with E-state index in [0.717, 1.165) is 24.1 Å². The van der Waals surface area contributed by atoms with Crippen molar-refractivity contribution in [3.63, 3.8) is 0 Å². The molecule has 3 nitrogen and oxygen atoms in total. The average Bonchev–Trinajstić information content (AvgIpc) is 2.53. The first kappa shape index (κ1) is 17.7. The lowest BCUT2D eigenvalue weighted by Gasteiger charge is -2.09. The van der Waals surface area contributed by atoms with Gasteiger partial charge in [-0.3, -0.25) is 0 Å². The quantitative estimate of drug-likeness (QED) is 0.440. The van der Waals surface area contributed by atoms with Crippen molar-refractivity contribution in [2.75, 3.05) is 0 Å². The Labute approximate surface area is 136 Å². The van der Waals surface area contributed by atoms with Crippen molar-refractivity contribution >= 4 is 12.4 Å². The van der Waals surface area contributed by atoms with Crippen molar-refractivity contribution in [3.05, 3.63) is 65.0 Å². The van der Waals surface area contributed by atoms with Crippen LogP contribution in [0.5, 0.6) is 5.75 Å². The van der Waals surface area contributed by atoms with E-state index in [1.165, 1.54) is 24.1 Å².